The van der Waals surface area contributed by atoms with Gasteiger partial charge in [0.05, 0.1) is 10.7 Å². The summed E-state index contributed by atoms with van der Waals surface area (Å²) < 4.78 is 0.786. The van der Waals surface area contributed by atoms with E-state index in [2.05, 4.69) is 21.2 Å². The van der Waals surface area contributed by atoms with E-state index >= 15 is 0 Å². The predicted octanol–water partition coefficient (Wildman–Crippen LogP) is 4.71. The Kier molecular flexibility index (Phi) is 4.34. The zero-order valence-electron chi connectivity index (χ0n) is 9.45. The van der Waals surface area contributed by atoms with Crippen LogP contribution in [0.3, 0.4) is 0 Å². The van der Waals surface area contributed by atoms with Gasteiger partial charge in [-0.3, -0.25) is 4.79 Å². The first-order valence-electron chi connectivity index (χ1n) is 5.22. The number of aromatic hydroxyl groups is 1. The number of carbonyl (C=O) groups is 1. The minimum atomic E-state index is -0.366. The highest BCUT2D eigenvalue weighted by Gasteiger charge is 2.12. The summed E-state index contributed by atoms with van der Waals surface area (Å²) in [5.74, 6) is -0.579. The number of nitrogens with one attached hydrogen (secondary N) is 1. The molecule has 98 valence electrons. The first-order chi connectivity index (χ1) is 8.97. The summed E-state index contributed by atoms with van der Waals surface area (Å²) in [7, 11) is 0. The molecule has 0 bridgehead atoms. The standard InChI is InChI=1S/C13H8BrCl2NO2/c14-8-3-1-2-7(4-8)13(19)17-11-6-9(15)5-10(16)12(11)18/h1-6,18H,(H,17,19). The van der Waals surface area contributed by atoms with Crippen molar-refractivity contribution in [3.05, 3.63) is 56.5 Å². The molecule has 0 atom stereocenters. The molecular formula is C13H8BrCl2NO2. The zero-order chi connectivity index (χ0) is 14.0. The Morgan fingerprint density at radius 2 is 1.95 bits per heavy atom. The third kappa shape index (κ3) is 3.41. The molecule has 1 amide bonds. The molecule has 19 heavy (non-hydrogen) atoms. The molecule has 0 spiro atoms. The molecule has 0 aliphatic carbocycles. The largest absolute Gasteiger partial charge is 0.504 e. The normalized spacial score (nSPS) is 10.3. The SMILES string of the molecule is O=C(Nc1cc(Cl)cc(Cl)c1O)c1cccc(Br)c1. The van der Waals surface area contributed by atoms with E-state index in [0.717, 1.165) is 4.47 Å². The molecule has 6 heteroatoms. The minimum absolute atomic E-state index is 0.0806. The highest BCUT2D eigenvalue weighted by atomic mass is 79.9. The Balaban J connectivity index is 2.29. The van der Waals surface area contributed by atoms with Crippen LogP contribution in [-0.2, 0) is 0 Å². The average molecular weight is 361 g/mol. The second-order valence-electron chi connectivity index (χ2n) is 3.75. The van der Waals surface area contributed by atoms with Gasteiger partial charge in [-0.25, -0.2) is 0 Å². The first kappa shape index (κ1) is 14.2. The summed E-state index contributed by atoms with van der Waals surface area (Å²) in [6, 6.07) is 9.70. The van der Waals surface area contributed by atoms with Crippen molar-refractivity contribution < 1.29 is 9.90 Å². The Labute approximate surface area is 128 Å². The summed E-state index contributed by atoms with van der Waals surface area (Å²) in [4.78, 5) is 12.0. The molecule has 0 aliphatic rings. The minimum Gasteiger partial charge on any atom is -0.504 e. The van der Waals surface area contributed by atoms with Crippen molar-refractivity contribution in [2.75, 3.05) is 5.32 Å². The maximum absolute atomic E-state index is 12.0. The lowest BCUT2D eigenvalue weighted by Crippen LogP contribution is -2.12. The van der Waals surface area contributed by atoms with Crippen LogP contribution in [0.1, 0.15) is 10.4 Å². The van der Waals surface area contributed by atoms with E-state index in [0.29, 0.717) is 10.6 Å². The van der Waals surface area contributed by atoms with Gasteiger partial charge < -0.3 is 10.4 Å². The van der Waals surface area contributed by atoms with E-state index in [9.17, 15) is 9.90 Å². The summed E-state index contributed by atoms with van der Waals surface area (Å²) in [6.07, 6.45) is 0. The highest BCUT2D eigenvalue weighted by molar-refractivity contribution is 9.10. The van der Waals surface area contributed by atoms with Crippen molar-refractivity contribution in [3.63, 3.8) is 0 Å². The van der Waals surface area contributed by atoms with Gasteiger partial charge in [0.25, 0.3) is 5.91 Å². The van der Waals surface area contributed by atoms with Gasteiger partial charge in [-0.1, -0.05) is 45.2 Å². The van der Waals surface area contributed by atoms with Gasteiger partial charge in [-0.2, -0.15) is 0 Å². The van der Waals surface area contributed by atoms with Gasteiger partial charge in [0, 0.05) is 15.1 Å². The average Bonchev–Trinajstić information content (AvgIpc) is 2.35. The molecular weight excluding hydrogens is 353 g/mol. The van der Waals surface area contributed by atoms with Crippen molar-refractivity contribution in [1.82, 2.24) is 0 Å². The fourth-order valence-electron chi connectivity index (χ4n) is 1.49. The number of carbonyl (C=O) groups excluding carboxylic acids is 1. The molecule has 0 heterocycles. The van der Waals surface area contributed by atoms with Crippen LogP contribution in [0.2, 0.25) is 10.0 Å². The van der Waals surface area contributed by atoms with Crippen molar-refractivity contribution in [2.45, 2.75) is 0 Å². The first-order valence-corrected chi connectivity index (χ1v) is 6.77. The molecule has 2 aromatic carbocycles. The number of phenolic OH excluding ortho intramolecular Hbond substituents is 1. The van der Waals surface area contributed by atoms with Crippen LogP contribution in [0.5, 0.6) is 5.75 Å². The molecule has 0 unspecified atom stereocenters. The zero-order valence-corrected chi connectivity index (χ0v) is 12.6. The molecule has 0 fully saturated rings. The number of hydrogen-bond acceptors (Lipinski definition) is 2. The fourth-order valence-corrected chi connectivity index (χ4v) is 2.38. The van der Waals surface area contributed by atoms with E-state index in [4.69, 9.17) is 23.2 Å². The molecule has 2 N–H and O–H groups in total. The maximum Gasteiger partial charge on any atom is 0.255 e. The molecule has 0 aromatic heterocycles. The molecule has 2 rings (SSSR count). The number of benzene rings is 2. The number of hydrogen-bond donors (Lipinski definition) is 2. The van der Waals surface area contributed by atoms with Crippen LogP contribution in [-0.4, -0.2) is 11.0 Å². The second-order valence-corrected chi connectivity index (χ2v) is 5.51. The third-order valence-electron chi connectivity index (χ3n) is 2.36. The van der Waals surface area contributed by atoms with Gasteiger partial charge in [0.2, 0.25) is 0 Å². The number of halogens is 3. The van der Waals surface area contributed by atoms with Crippen LogP contribution < -0.4 is 5.32 Å². The predicted molar refractivity (Wildman–Crippen MR) is 80.2 cm³/mol. The van der Waals surface area contributed by atoms with Gasteiger partial charge >= 0.3 is 0 Å². The maximum atomic E-state index is 12.0. The van der Waals surface area contributed by atoms with E-state index < -0.39 is 0 Å². The molecule has 2 aromatic rings. The number of anilines is 1. The van der Waals surface area contributed by atoms with E-state index in [-0.39, 0.29) is 22.4 Å². The summed E-state index contributed by atoms with van der Waals surface area (Å²) in [5, 5.41) is 12.7. The van der Waals surface area contributed by atoms with Crippen molar-refractivity contribution in [2.24, 2.45) is 0 Å². The summed E-state index contributed by atoms with van der Waals surface area (Å²) in [5.41, 5.74) is 0.618. The quantitative estimate of drug-likeness (QED) is 0.761. The lowest BCUT2D eigenvalue weighted by molar-refractivity contribution is 0.102. The van der Waals surface area contributed by atoms with Crippen LogP contribution in [0.4, 0.5) is 5.69 Å². The Hall–Kier alpha value is -1.23. The summed E-state index contributed by atoms with van der Waals surface area (Å²) >= 11 is 14.9. The highest BCUT2D eigenvalue weighted by Crippen LogP contribution is 2.35. The molecule has 0 saturated heterocycles. The van der Waals surface area contributed by atoms with Gasteiger partial charge in [-0.15, -0.1) is 0 Å². The van der Waals surface area contributed by atoms with Crippen molar-refractivity contribution in [3.8, 4) is 5.75 Å². The number of amides is 1. The molecule has 0 aliphatic heterocycles. The number of phenols is 1. The van der Waals surface area contributed by atoms with Crippen LogP contribution >= 0.6 is 39.1 Å². The second kappa shape index (κ2) is 5.82. The molecule has 3 nitrogen and oxygen atoms in total. The van der Waals surface area contributed by atoms with Crippen molar-refractivity contribution >= 4 is 50.7 Å². The fraction of sp³-hybridized carbons (Fsp3) is 0. The molecule has 0 saturated carbocycles. The number of rotatable bonds is 2. The van der Waals surface area contributed by atoms with E-state index in [1.807, 2.05) is 6.07 Å². The Bertz CT molecular complexity index is 647. The lowest BCUT2D eigenvalue weighted by Gasteiger charge is -2.09. The van der Waals surface area contributed by atoms with Crippen LogP contribution in [0.25, 0.3) is 0 Å². The monoisotopic (exact) mass is 359 g/mol. The van der Waals surface area contributed by atoms with E-state index in [1.54, 1.807) is 18.2 Å². The molecule has 0 radical (unpaired) electrons. The van der Waals surface area contributed by atoms with Gasteiger partial charge in [0.1, 0.15) is 0 Å². The Morgan fingerprint density at radius 1 is 1.21 bits per heavy atom. The summed E-state index contributed by atoms with van der Waals surface area (Å²) in [6.45, 7) is 0. The Morgan fingerprint density at radius 3 is 2.63 bits per heavy atom. The van der Waals surface area contributed by atoms with Crippen LogP contribution in [0, 0.1) is 0 Å². The van der Waals surface area contributed by atoms with Gasteiger partial charge in [-0.05, 0) is 30.3 Å². The smallest absolute Gasteiger partial charge is 0.255 e. The van der Waals surface area contributed by atoms with E-state index in [1.165, 1.54) is 12.1 Å². The third-order valence-corrected chi connectivity index (χ3v) is 3.36. The topological polar surface area (TPSA) is 49.3 Å². The lowest BCUT2D eigenvalue weighted by atomic mass is 10.2. The van der Waals surface area contributed by atoms with Gasteiger partial charge in [0.15, 0.2) is 5.75 Å². The van der Waals surface area contributed by atoms with Crippen LogP contribution in [0.15, 0.2) is 40.9 Å². The van der Waals surface area contributed by atoms with Crippen molar-refractivity contribution in [1.29, 1.82) is 0 Å².